The standard InChI is InChI=1S/C13H17N5O2S2/c1-5-18-15-8-12(16-18)22(19,20)17-9-6-11(13(2,3)4)21-10(9)7-14/h6,8,17H,5H2,1-4H3. The number of thiophene rings is 1. The van der Waals surface area contributed by atoms with Crippen LogP contribution in [0.5, 0.6) is 0 Å². The largest absolute Gasteiger partial charge is 0.282 e. The molecule has 0 aromatic carbocycles. The van der Waals surface area contributed by atoms with E-state index in [1.54, 1.807) is 6.07 Å². The van der Waals surface area contributed by atoms with E-state index in [0.29, 0.717) is 11.4 Å². The summed E-state index contributed by atoms with van der Waals surface area (Å²) in [5, 5.41) is 16.8. The van der Waals surface area contributed by atoms with Gasteiger partial charge in [0.2, 0.25) is 5.03 Å². The number of aromatic nitrogens is 3. The summed E-state index contributed by atoms with van der Waals surface area (Å²) in [5.74, 6) is 0. The summed E-state index contributed by atoms with van der Waals surface area (Å²) in [4.78, 5) is 2.55. The molecule has 0 atom stereocenters. The predicted octanol–water partition coefficient (Wildman–Crippen LogP) is 2.33. The molecular formula is C13H17N5O2S2. The molecule has 0 aliphatic heterocycles. The van der Waals surface area contributed by atoms with Crippen molar-refractivity contribution in [3.8, 4) is 6.07 Å². The second-order valence-corrected chi connectivity index (χ2v) is 8.37. The number of anilines is 1. The average molecular weight is 339 g/mol. The molecule has 2 rings (SSSR count). The van der Waals surface area contributed by atoms with E-state index in [0.717, 1.165) is 4.88 Å². The second-order valence-electron chi connectivity index (χ2n) is 5.69. The lowest BCUT2D eigenvalue weighted by molar-refractivity contribution is 0.551. The minimum Gasteiger partial charge on any atom is -0.276 e. The SMILES string of the molecule is CCn1ncc(S(=O)(=O)Nc2cc(C(C)(C)C)sc2C#N)n1. The third-order valence-corrected chi connectivity index (χ3v) is 5.58. The molecule has 0 amide bonds. The van der Waals surface area contributed by atoms with E-state index in [4.69, 9.17) is 0 Å². The highest BCUT2D eigenvalue weighted by molar-refractivity contribution is 7.92. The first-order valence-electron chi connectivity index (χ1n) is 6.64. The van der Waals surface area contributed by atoms with Crippen LogP contribution in [0, 0.1) is 11.3 Å². The van der Waals surface area contributed by atoms with Crippen molar-refractivity contribution in [1.29, 1.82) is 5.26 Å². The maximum Gasteiger partial charge on any atom is 0.282 e. The Morgan fingerprint density at radius 2 is 2.14 bits per heavy atom. The highest BCUT2D eigenvalue weighted by atomic mass is 32.2. The minimum absolute atomic E-state index is 0.161. The molecule has 7 nitrogen and oxygen atoms in total. The lowest BCUT2D eigenvalue weighted by Crippen LogP contribution is -2.14. The van der Waals surface area contributed by atoms with Gasteiger partial charge in [-0.2, -0.15) is 23.6 Å². The molecular weight excluding hydrogens is 322 g/mol. The molecule has 2 aromatic heterocycles. The number of rotatable bonds is 4. The number of aryl methyl sites for hydroxylation is 1. The maximum atomic E-state index is 12.3. The van der Waals surface area contributed by atoms with Gasteiger partial charge in [-0.3, -0.25) is 4.72 Å². The average Bonchev–Trinajstić information content (AvgIpc) is 3.03. The van der Waals surface area contributed by atoms with Crippen molar-refractivity contribution in [2.75, 3.05) is 4.72 Å². The van der Waals surface area contributed by atoms with Gasteiger partial charge in [0.1, 0.15) is 10.9 Å². The molecule has 22 heavy (non-hydrogen) atoms. The minimum atomic E-state index is -3.86. The third kappa shape index (κ3) is 3.28. The van der Waals surface area contributed by atoms with Gasteiger partial charge in [-0.05, 0) is 18.4 Å². The van der Waals surface area contributed by atoms with Crippen LogP contribution in [0.15, 0.2) is 17.3 Å². The molecule has 0 radical (unpaired) electrons. The number of hydrogen-bond donors (Lipinski definition) is 1. The summed E-state index contributed by atoms with van der Waals surface area (Å²) in [7, 11) is -3.86. The Labute approximate surface area is 133 Å². The zero-order chi connectivity index (χ0) is 16.5. The molecule has 2 aromatic rings. The lowest BCUT2D eigenvalue weighted by atomic mass is 9.95. The Morgan fingerprint density at radius 3 is 2.64 bits per heavy atom. The van der Waals surface area contributed by atoms with Crippen molar-refractivity contribution in [2.24, 2.45) is 0 Å². The van der Waals surface area contributed by atoms with Gasteiger partial charge in [0, 0.05) is 4.88 Å². The van der Waals surface area contributed by atoms with Crippen LogP contribution in [0.1, 0.15) is 37.4 Å². The molecule has 0 spiro atoms. The lowest BCUT2D eigenvalue weighted by Gasteiger charge is -2.15. The molecule has 118 valence electrons. The van der Waals surface area contributed by atoms with Crippen molar-refractivity contribution in [1.82, 2.24) is 15.0 Å². The first-order valence-corrected chi connectivity index (χ1v) is 8.94. The van der Waals surface area contributed by atoms with Gasteiger partial charge in [-0.1, -0.05) is 20.8 Å². The Morgan fingerprint density at radius 1 is 1.45 bits per heavy atom. The number of nitrogens with zero attached hydrogens (tertiary/aromatic N) is 4. The van der Waals surface area contributed by atoms with E-state index in [1.165, 1.54) is 22.3 Å². The van der Waals surface area contributed by atoms with Crippen LogP contribution in [-0.2, 0) is 22.0 Å². The summed E-state index contributed by atoms with van der Waals surface area (Å²) in [6.45, 7) is 8.30. The van der Waals surface area contributed by atoms with Crippen molar-refractivity contribution >= 4 is 27.0 Å². The van der Waals surface area contributed by atoms with Crippen molar-refractivity contribution in [3.63, 3.8) is 0 Å². The fourth-order valence-electron chi connectivity index (χ4n) is 1.67. The van der Waals surface area contributed by atoms with Gasteiger partial charge in [0.15, 0.2) is 0 Å². The normalized spacial score (nSPS) is 12.1. The van der Waals surface area contributed by atoms with Crippen LogP contribution in [-0.4, -0.2) is 23.4 Å². The molecule has 9 heteroatoms. The predicted molar refractivity (Wildman–Crippen MR) is 84.2 cm³/mol. The zero-order valence-electron chi connectivity index (χ0n) is 12.8. The Hall–Kier alpha value is -1.92. The van der Waals surface area contributed by atoms with Gasteiger partial charge in [0.25, 0.3) is 10.0 Å². The number of nitrogens with one attached hydrogen (secondary N) is 1. The van der Waals surface area contributed by atoms with Crippen LogP contribution < -0.4 is 4.72 Å². The van der Waals surface area contributed by atoms with Crippen molar-refractivity contribution in [3.05, 3.63) is 22.0 Å². The Bertz CT molecular complexity index is 821. The van der Waals surface area contributed by atoms with Gasteiger partial charge in [-0.25, -0.2) is 0 Å². The molecule has 0 unspecified atom stereocenters. The molecule has 1 N–H and O–H groups in total. The van der Waals surface area contributed by atoms with E-state index in [1.807, 2.05) is 33.8 Å². The quantitative estimate of drug-likeness (QED) is 0.921. The number of hydrogen-bond acceptors (Lipinski definition) is 6. The first-order chi connectivity index (χ1) is 10.2. The molecule has 0 fully saturated rings. The zero-order valence-corrected chi connectivity index (χ0v) is 14.4. The third-order valence-electron chi connectivity index (χ3n) is 2.89. The molecule has 0 saturated heterocycles. The van der Waals surface area contributed by atoms with Gasteiger partial charge < -0.3 is 0 Å². The summed E-state index contributed by atoms with van der Waals surface area (Å²) < 4.78 is 27.1. The second kappa shape index (κ2) is 5.70. The van der Waals surface area contributed by atoms with Gasteiger partial charge >= 0.3 is 0 Å². The highest BCUT2D eigenvalue weighted by Gasteiger charge is 2.24. The summed E-state index contributed by atoms with van der Waals surface area (Å²) in [6.07, 6.45) is 1.19. The van der Waals surface area contributed by atoms with Crippen LogP contribution in [0.2, 0.25) is 0 Å². The van der Waals surface area contributed by atoms with Gasteiger partial charge in [0.05, 0.1) is 18.4 Å². The fourth-order valence-corrected chi connectivity index (χ4v) is 3.65. The van der Waals surface area contributed by atoms with E-state index < -0.39 is 10.0 Å². The van der Waals surface area contributed by atoms with Crippen LogP contribution in [0.3, 0.4) is 0 Å². The molecule has 0 bridgehead atoms. The summed E-state index contributed by atoms with van der Waals surface area (Å²) >= 11 is 1.28. The fraction of sp³-hybridized carbons (Fsp3) is 0.462. The Kier molecular flexibility index (Phi) is 4.26. The monoisotopic (exact) mass is 339 g/mol. The van der Waals surface area contributed by atoms with E-state index in [-0.39, 0.29) is 16.1 Å². The molecule has 2 heterocycles. The molecule has 0 saturated carbocycles. The van der Waals surface area contributed by atoms with E-state index in [2.05, 4.69) is 14.9 Å². The first kappa shape index (κ1) is 16.5. The Balaban J connectivity index is 2.37. The van der Waals surface area contributed by atoms with Crippen LogP contribution in [0.4, 0.5) is 5.69 Å². The summed E-state index contributed by atoms with van der Waals surface area (Å²) in [6, 6.07) is 3.73. The number of sulfonamides is 1. The molecule has 0 aliphatic rings. The number of nitriles is 1. The smallest absolute Gasteiger partial charge is 0.276 e. The van der Waals surface area contributed by atoms with Crippen LogP contribution in [0.25, 0.3) is 0 Å². The van der Waals surface area contributed by atoms with Crippen molar-refractivity contribution < 1.29 is 8.42 Å². The van der Waals surface area contributed by atoms with E-state index >= 15 is 0 Å². The highest BCUT2D eigenvalue weighted by Crippen LogP contribution is 2.35. The van der Waals surface area contributed by atoms with Crippen molar-refractivity contribution in [2.45, 2.75) is 44.7 Å². The van der Waals surface area contributed by atoms with E-state index in [9.17, 15) is 13.7 Å². The summed E-state index contributed by atoms with van der Waals surface area (Å²) in [5.41, 5.74) is 0.120. The molecule has 0 aliphatic carbocycles. The topological polar surface area (TPSA) is 101 Å². The van der Waals surface area contributed by atoms with Gasteiger partial charge in [-0.15, -0.1) is 16.4 Å². The maximum absolute atomic E-state index is 12.3. The van der Waals surface area contributed by atoms with Crippen LogP contribution >= 0.6 is 11.3 Å².